The third-order valence-corrected chi connectivity index (χ3v) is 10.3. The highest BCUT2D eigenvalue weighted by Crippen LogP contribution is 2.33. The van der Waals surface area contributed by atoms with Crippen molar-refractivity contribution >= 4 is 0 Å². The number of rotatable bonds is 37. The van der Waals surface area contributed by atoms with Gasteiger partial charge in [-0.3, -0.25) is 0 Å². The predicted molar refractivity (Wildman–Crippen MR) is 192 cm³/mol. The number of hydrogen-bond donors (Lipinski definition) is 4. The van der Waals surface area contributed by atoms with E-state index in [9.17, 15) is 20.4 Å². The molecule has 0 amide bonds. The minimum Gasteiger partial charge on any atom is -0.393 e. The molecule has 2 atom stereocenters. The monoisotopic (exact) mass is 627 g/mol. The highest BCUT2D eigenvalue weighted by atomic mass is 16.4. The van der Waals surface area contributed by atoms with Crippen molar-refractivity contribution in [1.29, 1.82) is 0 Å². The minimum absolute atomic E-state index is 0.345. The summed E-state index contributed by atoms with van der Waals surface area (Å²) in [6.45, 7) is 3.56. The maximum atomic E-state index is 11.1. The molecule has 0 rings (SSSR count). The third kappa shape index (κ3) is 25.0. The molecule has 0 aliphatic rings. The summed E-state index contributed by atoms with van der Waals surface area (Å²) in [4.78, 5) is 0. The lowest BCUT2D eigenvalue weighted by atomic mass is 9.76. The van der Waals surface area contributed by atoms with E-state index in [0.29, 0.717) is 12.8 Å². The van der Waals surface area contributed by atoms with Crippen LogP contribution in [0.25, 0.3) is 0 Å². The Morgan fingerprint density at radius 2 is 0.432 bits per heavy atom. The molecular weight excluding hydrogens is 544 g/mol. The van der Waals surface area contributed by atoms with Crippen molar-refractivity contribution < 1.29 is 20.4 Å². The molecule has 4 N–H and O–H groups in total. The smallest absolute Gasteiger partial charge is 0.118 e. The summed E-state index contributed by atoms with van der Waals surface area (Å²) in [5, 5.41) is 42.2. The Morgan fingerprint density at radius 3 is 0.591 bits per heavy atom. The van der Waals surface area contributed by atoms with Gasteiger partial charge in [0.15, 0.2) is 0 Å². The Morgan fingerprint density at radius 1 is 0.273 bits per heavy atom. The Hall–Kier alpha value is -0.160. The van der Waals surface area contributed by atoms with Crippen molar-refractivity contribution in [1.82, 2.24) is 0 Å². The first-order chi connectivity index (χ1) is 21.5. The second-order valence-electron chi connectivity index (χ2n) is 14.5. The highest BCUT2D eigenvalue weighted by molar-refractivity contribution is 4.99. The van der Waals surface area contributed by atoms with E-state index in [0.717, 1.165) is 38.5 Å². The summed E-state index contributed by atoms with van der Waals surface area (Å²) in [5.41, 5.74) is -3.24. The van der Waals surface area contributed by atoms with Crippen LogP contribution in [0.5, 0.6) is 0 Å². The zero-order valence-electron chi connectivity index (χ0n) is 30.2. The number of hydrogen-bond acceptors (Lipinski definition) is 4. The molecule has 0 spiro atoms. The lowest BCUT2D eigenvalue weighted by molar-refractivity contribution is -0.197. The lowest BCUT2D eigenvalue weighted by Gasteiger charge is -2.41. The van der Waals surface area contributed by atoms with Crippen LogP contribution in [0.15, 0.2) is 0 Å². The van der Waals surface area contributed by atoms with E-state index >= 15 is 0 Å². The van der Waals surface area contributed by atoms with Crippen LogP contribution in [0.1, 0.15) is 232 Å². The fraction of sp³-hybridized carbons (Fsp3) is 1.00. The SMILES string of the molecule is CCCCCCCCCCCCCCCCCC[C@](O)(CO)[C@](O)(CO)CCCCCCCCCCCCCCCCCC. The van der Waals surface area contributed by atoms with Gasteiger partial charge in [0.05, 0.1) is 13.2 Å². The number of aliphatic hydroxyl groups excluding tert-OH is 2. The van der Waals surface area contributed by atoms with Crippen molar-refractivity contribution in [2.24, 2.45) is 0 Å². The molecule has 0 saturated heterocycles. The molecule has 44 heavy (non-hydrogen) atoms. The van der Waals surface area contributed by atoms with Gasteiger partial charge in [0, 0.05) is 0 Å². The van der Waals surface area contributed by atoms with Crippen LogP contribution in [-0.4, -0.2) is 44.8 Å². The zero-order chi connectivity index (χ0) is 32.5. The van der Waals surface area contributed by atoms with Gasteiger partial charge in [0.2, 0.25) is 0 Å². The van der Waals surface area contributed by atoms with E-state index in [1.165, 1.54) is 167 Å². The molecule has 0 aromatic heterocycles. The maximum absolute atomic E-state index is 11.1. The van der Waals surface area contributed by atoms with Gasteiger partial charge < -0.3 is 20.4 Å². The van der Waals surface area contributed by atoms with Crippen LogP contribution < -0.4 is 0 Å². The molecule has 0 aliphatic heterocycles. The Balaban J connectivity index is 3.77. The van der Waals surface area contributed by atoms with Crippen LogP contribution in [0.3, 0.4) is 0 Å². The van der Waals surface area contributed by atoms with E-state index in [1.54, 1.807) is 0 Å². The van der Waals surface area contributed by atoms with E-state index in [-0.39, 0.29) is 0 Å². The van der Waals surface area contributed by atoms with Crippen molar-refractivity contribution in [3.8, 4) is 0 Å². The minimum atomic E-state index is -1.62. The summed E-state index contributed by atoms with van der Waals surface area (Å²) >= 11 is 0. The first kappa shape index (κ1) is 43.8. The summed E-state index contributed by atoms with van der Waals surface area (Å²) in [7, 11) is 0. The summed E-state index contributed by atoms with van der Waals surface area (Å²) < 4.78 is 0. The molecule has 0 aromatic rings. The van der Waals surface area contributed by atoms with Crippen molar-refractivity contribution in [3.05, 3.63) is 0 Å². The summed E-state index contributed by atoms with van der Waals surface area (Å²) in [6.07, 6.45) is 42.0. The molecule has 0 fully saturated rings. The fourth-order valence-electron chi connectivity index (χ4n) is 6.85. The number of unbranched alkanes of at least 4 members (excludes halogenated alkanes) is 30. The Bertz CT molecular complexity index is 507. The van der Waals surface area contributed by atoms with E-state index in [1.807, 2.05) is 0 Å². The molecule has 0 saturated carbocycles. The second kappa shape index (κ2) is 32.8. The standard InChI is InChI=1S/C40H82O4/c1-3-5-7-9-11-13-15-17-19-21-23-25-27-29-31-33-35-39(43,37-41)40(44,38-42)36-34-32-30-28-26-24-22-20-18-16-14-12-10-8-6-4-2/h41-44H,3-38H2,1-2H3/t39-,40+. The van der Waals surface area contributed by atoms with E-state index < -0.39 is 24.4 Å². The summed E-state index contributed by atoms with van der Waals surface area (Å²) in [6, 6.07) is 0. The van der Waals surface area contributed by atoms with Gasteiger partial charge >= 0.3 is 0 Å². The summed E-state index contributed by atoms with van der Waals surface area (Å²) in [5.74, 6) is 0. The third-order valence-electron chi connectivity index (χ3n) is 10.3. The zero-order valence-corrected chi connectivity index (χ0v) is 30.2. The second-order valence-corrected chi connectivity index (χ2v) is 14.5. The Labute approximate surface area is 276 Å². The Kier molecular flexibility index (Phi) is 32.6. The van der Waals surface area contributed by atoms with Crippen LogP contribution in [0.4, 0.5) is 0 Å². The molecule has 0 aromatic carbocycles. The molecule has 4 heteroatoms. The average molecular weight is 627 g/mol. The van der Waals surface area contributed by atoms with Crippen molar-refractivity contribution in [2.75, 3.05) is 13.2 Å². The topological polar surface area (TPSA) is 80.9 Å². The quantitative estimate of drug-likeness (QED) is 0.0517. The molecule has 0 unspecified atom stereocenters. The van der Waals surface area contributed by atoms with Crippen LogP contribution in [-0.2, 0) is 0 Å². The molecule has 0 aliphatic carbocycles. The van der Waals surface area contributed by atoms with Gasteiger partial charge in [-0.1, -0.05) is 219 Å². The van der Waals surface area contributed by atoms with Gasteiger partial charge in [-0.15, -0.1) is 0 Å². The van der Waals surface area contributed by atoms with Crippen LogP contribution >= 0.6 is 0 Å². The first-order valence-corrected chi connectivity index (χ1v) is 20.2. The van der Waals surface area contributed by atoms with Crippen molar-refractivity contribution in [3.63, 3.8) is 0 Å². The largest absolute Gasteiger partial charge is 0.393 e. The molecule has 266 valence electrons. The number of aliphatic hydroxyl groups is 4. The first-order valence-electron chi connectivity index (χ1n) is 20.2. The highest BCUT2D eigenvalue weighted by Gasteiger charge is 2.47. The maximum Gasteiger partial charge on any atom is 0.118 e. The van der Waals surface area contributed by atoms with Crippen LogP contribution in [0, 0.1) is 0 Å². The van der Waals surface area contributed by atoms with E-state index in [4.69, 9.17) is 0 Å². The van der Waals surface area contributed by atoms with Gasteiger partial charge in [-0.05, 0) is 12.8 Å². The van der Waals surface area contributed by atoms with Gasteiger partial charge in [0.25, 0.3) is 0 Å². The molecule has 0 bridgehead atoms. The van der Waals surface area contributed by atoms with E-state index in [2.05, 4.69) is 13.8 Å². The normalized spacial score (nSPS) is 14.6. The van der Waals surface area contributed by atoms with Crippen LogP contribution in [0.2, 0.25) is 0 Å². The molecular formula is C40H82O4. The van der Waals surface area contributed by atoms with Crippen molar-refractivity contribution in [2.45, 2.75) is 243 Å². The van der Waals surface area contributed by atoms with Gasteiger partial charge in [0.1, 0.15) is 11.2 Å². The fourth-order valence-corrected chi connectivity index (χ4v) is 6.85. The van der Waals surface area contributed by atoms with Gasteiger partial charge in [-0.25, -0.2) is 0 Å². The molecule has 0 heterocycles. The average Bonchev–Trinajstić information content (AvgIpc) is 3.04. The molecule has 4 nitrogen and oxygen atoms in total. The molecule has 0 radical (unpaired) electrons. The predicted octanol–water partition coefficient (Wildman–Crippen LogP) is 11.7. The van der Waals surface area contributed by atoms with Gasteiger partial charge in [-0.2, -0.15) is 0 Å². The lowest BCUT2D eigenvalue weighted by Crippen LogP contribution is -2.59.